The Labute approximate surface area is 130 Å². The van der Waals surface area contributed by atoms with Crippen LogP contribution >= 0.6 is 0 Å². The van der Waals surface area contributed by atoms with Crippen LogP contribution in [0.1, 0.15) is 25.2 Å². The number of hydrogen-bond donors (Lipinski definition) is 1. The van der Waals surface area contributed by atoms with Crippen LogP contribution in [0.25, 0.3) is 11.2 Å². The van der Waals surface area contributed by atoms with E-state index in [4.69, 9.17) is 4.42 Å². The summed E-state index contributed by atoms with van der Waals surface area (Å²) < 4.78 is 5.48. The van der Waals surface area contributed by atoms with Crippen LogP contribution < -0.4 is 4.90 Å². The van der Waals surface area contributed by atoms with Gasteiger partial charge in [0.05, 0.1) is 5.60 Å². The van der Waals surface area contributed by atoms with Crippen molar-refractivity contribution in [3.8, 4) is 0 Å². The van der Waals surface area contributed by atoms with E-state index in [-0.39, 0.29) is 0 Å². The Hall–Kier alpha value is -1.73. The largest absolute Gasteiger partial charge is 0.422 e. The highest BCUT2D eigenvalue weighted by molar-refractivity contribution is 5.81. The molecule has 0 bridgehead atoms. The summed E-state index contributed by atoms with van der Waals surface area (Å²) in [6.07, 6.45) is 3.95. The van der Waals surface area contributed by atoms with E-state index in [1.807, 2.05) is 25.9 Å². The first kappa shape index (κ1) is 15.2. The molecule has 1 aliphatic rings. The maximum Gasteiger partial charge on any atom is 0.252 e. The Kier molecular flexibility index (Phi) is 4.01. The molecule has 7 nitrogen and oxygen atoms in total. The smallest absolute Gasteiger partial charge is 0.252 e. The van der Waals surface area contributed by atoms with E-state index in [2.05, 4.69) is 19.9 Å². The Morgan fingerprint density at radius 2 is 2.14 bits per heavy atom. The molecule has 0 aromatic carbocycles. The number of anilines is 1. The molecular formula is C15H23N5O2. The molecule has 0 radical (unpaired) electrons. The topological polar surface area (TPSA) is 78.5 Å². The lowest BCUT2D eigenvalue weighted by Gasteiger charge is -2.30. The Bertz CT molecular complexity index is 656. The second-order valence-electron chi connectivity index (χ2n) is 6.39. The highest BCUT2D eigenvalue weighted by Gasteiger charge is 2.31. The van der Waals surface area contributed by atoms with E-state index in [1.165, 1.54) is 6.33 Å². The van der Waals surface area contributed by atoms with Crippen molar-refractivity contribution in [2.24, 2.45) is 0 Å². The van der Waals surface area contributed by atoms with Gasteiger partial charge in [-0.15, -0.1) is 0 Å². The fraction of sp³-hybridized carbons (Fsp3) is 0.667. The van der Waals surface area contributed by atoms with Gasteiger partial charge in [-0.05, 0) is 33.4 Å². The molecule has 22 heavy (non-hydrogen) atoms. The average Bonchev–Trinajstić information content (AvgIpc) is 2.71. The molecule has 2 aromatic heterocycles. The number of rotatable bonds is 3. The summed E-state index contributed by atoms with van der Waals surface area (Å²) in [6.45, 7) is 4.10. The van der Waals surface area contributed by atoms with Gasteiger partial charge in [0.25, 0.3) is 5.71 Å². The van der Waals surface area contributed by atoms with Crippen molar-refractivity contribution in [3.63, 3.8) is 0 Å². The molecule has 120 valence electrons. The maximum atomic E-state index is 10.8. The van der Waals surface area contributed by atoms with Crippen molar-refractivity contribution < 1.29 is 9.52 Å². The third-order valence-electron chi connectivity index (χ3n) is 4.11. The van der Waals surface area contributed by atoms with Crippen molar-refractivity contribution in [3.05, 3.63) is 12.2 Å². The number of nitrogens with zero attached hydrogens (tertiary/aromatic N) is 5. The number of likely N-dealkylation sites (N-methyl/N-ethyl adjacent to an activating group) is 1. The molecule has 1 atom stereocenters. The van der Waals surface area contributed by atoms with Crippen LogP contribution in [0.2, 0.25) is 0 Å². The lowest BCUT2D eigenvalue weighted by Crippen LogP contribution is -2.41. The summed E-state index contributed by atoms with van der Waals surface area (Å²) >= 11 is 0. The first-order valence-corrected chi connectivity index (χ1v) is 7.67. The summed E-state index contributed by atoms with van der Waals surface area (Å²) in [5.41, 5.74) is 0.595. The molecule has 1 saturated heterocycles. The lowest BCUT2D eigenvalue weighted by molar-refractivity contribution is 0.00537. The van der Waals surface area contributed by atoms with Crippen molar-refractivity contribution in [2.75, 3.05) is 38.6 Å². The third kappa shape index (κ3) is 3.05. The first-order valence-electron chi connectivity index (χ1n) is 7.67. The van der Waals surface area contributed by atoms with Gasteiger partial charge in [-0.1, -0.05) is 0 Å². The van der Waals surface area contributed by atoms with Crippen LogP contribution in [0.3, 0.4) is 0 Å². The Balaban J connectivity index is 1.83. The Morgan fingerprint density at radius 3 is 2.91 bits per heavy atom. The first-order chi connectivity index (χ1) is 10.5. The molecule has 0 aliphatic carbocycles. The molecule has 0 unspecified atom stereocenters. The minimum absolute atomic E-state index is 0.523. The number of fused-ring (bicyclic) bond motifs is 1. The van der Waals surface area contributed by atoms with Crippen molar-refractivity contribution in [1.82, 2.24) is 19.9 Å². The zero-order valence-corrected chi connectivity index (χ0v) is 13.4. The normalized spacial score (nSPS) is 23.2. The van der Waals surface area contributed by atoms with Crippen LogP contribution in [-0.2, 0) is 0 Å². The minimum Gasteiger partial charge on any atom is -0.422 e. The molecule has 1 N–H and O–H groups in total. The predicted molar refractivity (Wildman–Crippen MR) is 83.9 cm³/mol. The fourth-order valence-electron chi connectivity index (χ4n) is 3.22. The SMILES string of the molecule is Cc1nc2c(N3CCC[C@@](O)(CN(C)C)CC3)ncnc2o1. The van der Waals surface area contributed by atoms with Crippen molar-refractivity contribution >= 4 is 17.0 Å². The monoisotopic (exact) mass is 305 g/mol. The number of aryl methyl sites for hydroxylation is 1. The molecule has 3 rings (SSSR count). The molecule has 0 spiro atoms. The third-order valence-corrected chi connectivity index (χ3v) is 4.11. The standard InChI is InChI=1S/C15H23N5O2/c1-11-18-12-13(16-10-17-14(12)22-11)20-7-4-5-15(21,6-8-20)9-19(2)3/h10,21H,4-9H2,1-3H3/t15-/m0/s1. The minimum atomic E-state index is -0.635. The van der Waals surface area contributed by atoms with E-state index in [1.54, 1.807) is 0 Å². The van der Waals surface area contributed by atoms with Crippen molar-refractivity contribution in [2.45, 2.75) is 31.8 Å². The van der Waals surface area contributed by atoms with Crippen LogP contribution in [0.15, 0.2) is 10.7 Å². The Morgan fingerprint density at radius 1 is 1.32 bits per heavy atom. The highest BCUT2D eigenvalue weighted by atomic mass is 16.4. The summed E-state index contributed by atoms with van der Waals surface area (Å²) in [7, 11) is 3.99. The summed E-state index contributed by atoms with van der Waals surface area (Å²) in [5, 5.41) is 10.8. The molecule has 3 heterocycles. The molecule has 2 aromatic rings. The van der Waals surface area contributed by atoms with E-state index in [9.17, 15) is 5.11 Å². The molecule has 1 aliphatic heterocycles. The molecule has 7 heteroatoms. The van der Waals surface area contributed by atoms with Gasteiger partial charge in [-0.3, -0.25) is 0 Å². The zero-order valence-electron chi connectivity index (χ0n) is 13.4. The fourth-order valence-corrected chi connectivity index (χ4v) is 3.22. The molecule has 0 saturated carbocycles. The zero-order chi connectivity index (χ0) is 15.7. The van der Waals surface area contributed by atoms with E-state index < -0.39 is 5.60 Å². The number of aliphatic hydroxyl groups is 1. The van der Waals surface area contributed by atoms with Gasteiger partial charge in [-0.25, -0.2) is 9.97 Å². The van der Waals surface area contributed by atoms with Gasteiger partial charge < -0.3 is 19.3 Å². The molecular weight excluding hydrogens is 282 g/mol. The van der Waals surface area contributed by atoms with Crippen LogP contribution in [-0.4, -0.2) is 64.3 Å². The molecule has 0 amide bonds. The van der Waals surface area contributed by atoms with Gasteiger partial charge in [-0.2, -0.15) is 4.98 Å². The van der Waals surface area contributed by atoms with Gasteiger partial charge in [0.1, 0.15) is 6.33 Å². The van der Waals surface area contributed by atoms with E-state index >= 15 is 0 Å². The lowest BCUT2D eigenvalue weighted by atomic mass is 9.94. The van der Waals surface area contributed by atoms with Gasteiger partial charge in [0, 0.05) is 26.6 Å². The molecule has 1 fully saturated rings. The highest BCUT2D eigenvalue weighted by Crippen LogP contribution is 2.28. The maximum absolute atomic E-state index is 10.8. The van der Waals surface area contributed by atoms with Crippen LogP contribution in [0.4, 0.5) is 5.82 Å². The second kappa shape index (κ2) is 5.81. The number of oxazole rings is 1. The van der Waals surface area contributed by atoms with Crippen molar-refractivity contribution in [1.29, 1.82) is 0 Å². The van der Waals surface area contributed by atoms with Crippen LogP contribution in [0.5, 0.6) is 0 Å². The summed E-state index contributed by atoms with van der Waals surface area (Å²) in [5.74, 6) is 1.40. The number of hydrogen-bond acceptors (Lipinski definition) is 7. The van der Waals surface area contributed by atoms with Gasteiger partial charge in [0.2, 0.25) is 0 Å². The van der Waals surface area contributed by atoms with Crippen LogP contribution in [0, 0.1) is 6.92 Å². The quantitative estimate of drug-likeness (QED) is 0.913. The number of aromatic nitrogens is 3. The van der Waals surface area contributed by atoms with Gasteiger partial charge >= 0.3 is 0 Å². The second-order valence-corrected chi connectivity index (χ2v) is 6.39. The summed E-state index contributed by atoms with van der Waals surface area (Å²) in [4.78, 5) is 17.1. The van der Waals surface area contributed by atoms with E-state index in [0.717, 1.165) is 31.7 Å². The van der Waals surface area contributed by atoms with E-state index in [0.29, 0.717) is 30.1 Å². The van der Waals surface area contributed by atoms with Gasteiger partial charge in [0.15, 0.2) is 17.2 Å². The predicted octanol–water partition coefficient (Wildman–Crippen LogP) is 1.21. The summed E-state index contributed by atoms with van der Waals surface area (Å²) in [6, 6.07) is 0. The average molecular weight is 305 g/mol.